The maximum absolute atomic E-state index is 12.9. The van der Waals surface area contributed by atoms with Gasteiger partial charge in [0, 0.05) is 5.69 Å². The number of nitrogens with one attached hydrogen (secondary N) is 2. The highest BCUT2D eigenvalue weighted by atomic mass is 16.6. The molecule has 29 heavy (non-hydrogen) atoms. The van der Waals surface area contributed by atoms with E-state index in [-0.39, 0.29) is 6.61 Å². The van der Waals surface area contributed by atoms with E-state index in [9.17, 15) is 14.4 Å². The van der Waals surface area contributed by atoms with Crippen molar-refractivity contribution >= 4 is 23.7 Å². The number of ether oxygens (including phenoxy) is 2. The quantitative estimate of drug-likeness (QED) is 0.716. The van der Waals surface area contributed by atoms with Crippen LogP contribution in [0.4, 0.5) is 10.5 Å². The average Bonchev–Trinajstić information content (AvgIpc) is 2.66. The third kappa shape index (κ3) is 6.95. The standard InChI is InChI=1S/C22H26N2O5/c1-5-28-20(26)16-11-13-17(14-12-16)23-19(25)18(15-9-7-6-8-10-15)24-21(27)29-22(2,3)4/h6-14,18H,5H2,1-4H3,(H,23,25)(H,24,27)/t18-/m0/s1. The number of anilines is 1. The Balaban J connectivity index is 2.15. The Kier molecular flexibility index (Phi) is 7.36. The Morgan fingerprint density at radius 1 is 0.966 bits per heavy atom. The molecule has 2 amide bonds. The van der Waals surface area contributed by atoms with E-state index in [1.54, 1.807) is 76.2 Å². The van der Waals surface area contributed by atoms with Crippen molar-refractivity contribution in [2.45, 2.75) is 39.3 Å². The molecule has 0 fully saturated rings. The van der Waals surface area contributed by atoms with E-state index < -0.39 is 29.6 Å². The van der Waals surface area contributed by atoms with Crippen molar-refractivity contribution in [3.63, 3.8) is 0 Å². The minimum atomic E-state index is -0.948. The van der Waals surface area contributed by atoms with E-state index in [4.69, 9.17) is 9.47 Å². The molecule has 0 bridgehead atoms. The van der Waals surface area contributed by atoms with Gasteiger partial charge >= 0.3 is 12.1 Å². The molecule has 154 valence electrons. The summed E-state index contributed by atoms with van der Waals surface area (Å²) in [6.07, 6.45) is -0.695. The molecule has 0 spiro atoms. The van der Waals surface area contributed by atoms with Crippen LogP contribution in [0, 0.1) is 0 Å². The van der Waals surface area contributed by atoms with Crippen LogP contribution in [-0.4, -0.2) is 30.2 Å². The van der Waals surface area contributed by atoms with E-state index in [1.165, 1.54) is 0 Å². The normalized spacial score (nSPS) is 11.9. The lowest BCUT2D eigenvalue weighted by Crippen LogP contribution is -2.40. The molecular formula is C22H26N2O5. The van der Waals surface area contributed by atoms with Gasteiger partial charge in [-0.3, -0.25) is 4.79 Å². The molecule has 2 aromatic carbocycles. The summed E-state index contributed by atoms with van der Waals surface area (Å²) in [6, 6.07) is 14.2. The first-order chi connectivity index (χ1) is 13.7. The number of hydrogen-bond acceptors (Lipinski definition) is 5. The molecule has 0 saturated carbocycles. The number of hydrogen-bond donors (Lipinski definition) is 2. The molecule has 1 atom stereocenters. The largest absolute Gasteiger partial charge is 0.462 e. The second-order valence-corrected chi connectivity index (χ2v) is 7.28. The monoisotopic (exact) mass is 398 g/mol. The molecule has 2 rings (SSSR count). The van der Waals surface area contributed by atoms with E-state index in [2.05, 4.69) is 10.6 Å². The Morgan fingerprint density at radius 2 is 1.59 bits per heavy atom. The zero-order valence-corrected chi connectivity index (χ0v) is 17.0. The summed E-state index contributed by atoms with van der Waals surface area (Å²) >= 11 is 0. The zero-order chi connectivity index (χ0) is 21.4. The predicted octanol–water partition coefficient (Wildman–Crippen LogP) is 4.07. The van der Waals surface area contributed by atoms with Crippen LogP contribution in [0.1, 0.15) is 49.7 Å². The van der Waals surface area contributed by atoms with Crippen LogP contribution in [0.15, 0.2) is 54.6 Å². The summed E-state index contributed by atoms with van der Waals surface area (Å²) in [4.78, 5) is 36.8. The summed E-state index contributed by atoms with van der Waals surface area (Å²) in [7, 11) is 0. The van der Waals surface area contributed by atoms with Crippen molar-refractivity contribution in [3.05, 3.63) is 65.7 Å². The Hall–Kier alpha value is -3.35. The molecule has 2 aromatic rings. The lowest BCUT2D eigenvalue weighted by atomic mass is 10.1. The molecular weight excluding hydrogens is 372 g/mol. The van der Waals surface area contributed by atoms with Gasteiger partial charge < -0.3 is 20.1 Å². The summed E-state index contributed by atoms with van der Waals surface area (Å²) < 4.78 is 10.2. The van der Waals surface area contributed by atoms with Crippen molar-refractivity contribution < 1.29 is 23.9 Å². The van der Waals surface area contributed by atoms with Gasteiger partial charge in [-0.05, 0) is 57.5 Å². The third-order valence-corrected chi connectivity index (χ3v) is 3.72. The fourth-order valence-electron chi connectivity index (χ4n) is 2.49. The highest BCUT2D eigenvalue weighted by Gasteiger charge is 2.26. The van der Waals surface area contributed by atoms with Crippen molar-refractivity contribution in [3.8, 4) is 0 Å². The van der Waals surface area contributed by atoms with Crippen LogP contribution >= 0.6 is 0 Å². The minimum Gasteiger partial charge on any atom is -0.462 e. The fraction of sp³-hybridized carbons (Fsp3) is 0.318. The fourth-order valence-corrected chi connectivity index (χ4v) is 2.49. The van der Waals surface area contributed by atoms with Gasteiger partial charge in [-0.2, -0.15) is 0 Å². The van der Waals surface area contributed by atoms with Gasteiger partial charge in [-0.25, -0.2) is 9.59 Å². The molecule has 7 nitrogen and oxygen atoms in total. The van der Waals surface area contributed by atoms with Gasteiger partial charge in [0.1, 0.15) is 11.6 Å². The third-order valence-electron chi connectivity index (χ3n) is 3.72. The van der Waals surface area contributed by atoms with Crippen molar-refractivity contribution in [2.24, 2.45) is 0 Å². The minimum absolute atomic E-state index is 0.284. The molecule has 2 N–H and O–H groups in total. The molecule has 0 heterocycles. The second kappa shape index (κ2) is 9.73. The summed E-state index contributed by atoms with van der Waals surface area (Å²) in [5.41, 5.74) is 0.787. The number of rotatable bonds is 6. The molecule has 0 aliphatic rings. The van der Waals surface area contributed by atoms with Gasteiger partial charge in [0.15, 0.2) is 0 Å². The van der Waals surface area contributed by atoms with Crippen molar-refractivity contribution in [1.29, 1.82) is 0 Å². The van der Waals surface area contributed by atoms with E-state index in [1.807, 2.05) is 6.07 Å². The second-order valence-electron chi connectivity index (χ2n) is 7.28. The van der Waals surface area contributed by atoms with Gasteiger partial charge in [-0.15, -0.1) is 0 Å². The van der Waals surface area contributed by atoms with Gasteiger partial charge in [0.2, 0.25) is 0 Å². The summed E-state index contributed by atoms with van der Waals surface area (Å²) in [5, 5.41) is 5.35. The lowest BCUT2D eigenvalue weighted by Gasteiger charge is -2.23. The van der Waals surface area contributed by atoms with E-state index in [0.29, 0.717) is 16.8 Å². The van der Waals surface area contributed by atoms with Gasteiger partial charge in [0.25, 0.3) is 5.91 Å². The van der Waals surface area contributed by atoms with Crippen LogP contribution < -0.4 is 10.6 Å². The zero-order valence-electron chi connectivity index (χ0n) is 17.0. The average molecular weight is 398 g/mol. The summed E-state index contributed by atoms with van der Waals surface area (Å²) in [6.45, 7) is 7.25. The summed E-state index contributed by atoms with van der Waals surface area (Å²) in [5.74, 6) is -0.870. The van der Waals surface area contributed by atoms with Crippen LogP contribution in [-0.2, 0) is 14.3 Å². The highest BCUT2D eigenvalue weighted by Crippen LogP contribution is 2.18. The highest BCUT2D eigenvalue weighted by molar-refractivity contribution is 5.98. The van der Waals surface area contributed by atoms with Crippen molar-refractivity contribution in [2.75, 3.05) is 11.9 Å². The number of carbonyl (C=O) groups is 3. The smallest absolute Gasteiger partial charge is 0.408 e. The molecule has 0 unspecified atom stereocenters. The van der Waals surface area contributed by atoms with Crippen LogP contribution in [0.3, 0.4) is 0 Å². The Labute approximate surface area is 170 Å². The number of alkyl carbamates (subject to hydrolysis) is 1. The lowest BCUT2D eigenvalue weighted by molar-refractivity contribution is -0.118. The molecule has 0 aromatic heterocycles. The number of benzene rings is 2. The van der Waals surface area contributed by atoms with E-state index in [0.717, 1.165) is 0 Å². The first kappa shape index (κ1) is 21.9. The number of carbonyl (C=O) groups excluding carboxylic acids is 3. The predicted molar refractivity (Wildman–Crippen MR) is 110 cm³/mol. The van der Waals surface area contributed by atoms with Crippen molar-refractivity contribution in [1.82, 2.24) is 5.32 Å². The SMILES string of the molecule is CCOC(=O)c1ccc(NC(=O)[C@@H](NC(=O)OC(C)(C)C)c2ccccc2)cc1. The van der Waals surface area contributed by atoms with Crippen LogP contribution in [0.5, 0.6) is 0 Å². The molecule has 0 radical (unpaired) electrons. The van der Waals surface area contributed by atoms with E-state index >= 15 is 0 Å². The molecule has 0 aliphatic heterocycles. The first-order valence-electron chi connectivity index (χ1n) is 9.32. The van der Waals surface area contributed by atoms with Gasteiger partial charge in [0.05, 0.1) is 12.2 Å². The Morgan fingerprint density at radius 3 is 2.14 bits per heavy atom. The maximum Gasteiger partial charge on any atom is 0.408 e. The number of esters is 1. The number of amides is 2. The van der Waals surface area contributed by atoms with Crippen LogP contribution in [0.25, 0.3) is 0 Å². The molecule has 0 aliphatic carbocycles. The first-order valence-corrected chi connectivity index (χ1v) is 9.32. The van der Waals surface area contributed by atoms with Crippen LogP contribution in [0.2, 0.25) is 0 Å². The molecule has 7 heteroatoms. The topological polar surface area (TPSA) is 93.7 Å². The van der Waals surface area contributed by atoms with Gasteiger partial charge in [-0.1, -0.05) is 30.3 Å². The molecule has 0 saturated heterocycles. The maximum atomic E-state index is 12.9. The Bertz CT molecular complexity index is 842.